The highest BCUT2D eigenvalue weighted by atomic mass is 32.1. The second-order valence-corrected chi connectivity index (χ2v) is 4.10. The van der Waals surface area contributed by atoms with Gasteiger partial charge in [-0.1, -0.05) is 27.7 Å². The van der Waals surface area contributed by atoms with Gasteiger partial charge >= 0.3 is 0 Å². The summed E-state index contributed by atoms with van der Waals surface area (Å²) in [6.07, 6.45) is 0. The largest absolute Gasteiger partial charge is 0.303 e. The summed E-state index contributed by atoms with van der Waals surface area (Å²) < 4.78 is 0. The third-order valence-corrected chi connectivity index (χ3v) is 2.83. The summed E-state index contributed by atoms with van der Waals surface area (Å²) >= 11 is 4.33. The molecule has 0 bridgehead atoms. The van der Waals surface area contributed by atoms with Crippen LogP contribution in [0.15, 0.2) is 0 Å². The van der Waals surface area contributed by atoms with Gasteiger partial charge in [0.15, 0.2) is 0 Å². The minimum Gasteiger partial charge on any atom is -0.303 e. The van der Waals surface area contributed by atoms with E-state index in [1.165, 1.54) is 0 Å². The smallest absolute Gasteiger partial charge is 0.00403 e. The second-order valence-electron chi connectivity index (χ2n) is 3.78. The lowest BCUT2D eigenvalue weighted by Crippen LogP contribution is -2.35. The average molecular weight is 175 g/mol. The van der Waals surface area contributed by atoms with Crippen LogP contribution in [0.3, 0.4) is 0 Å². The summed E-state index contributed by atoms with van der Waals surface area (Å²) in [5.74, 6) is 0.962. The molecule has 0 fully saturated rings. The molecule has 0 aromatic heterocycles. The number of rotatable bonds is 5. The SMILES string of the molecule is CCN(CC)CC(C)(C)CS. The van der Waals surface area contributed by atoms with E-state index in [9.17, 15) is 0 Å². The molecule has 0 radical (unpaired) electrons. The zero-order valence-corrected chi connectivity index (χ0v) is 9.12. The van der Waals surface area contributed by atoms with Crippen molar-refractivity contribution in [1.29, 1.82) is 0 Å². The van der Waals surface area contributed by atoms with Crippen LogP contribution in [-0.2, 0) is 0 Å². The highest BCUT2D eigenvalue weighted by Crippen LogP contribution is 2.17. The number of nitrogens with zero attached hydrogens (tertiary/aromatic N) is 1. The fraction of sp³-hybridized carbons (Fsp3) is 1.00. The maximum atomic E-state index is 4.33. The lowest BCUT2D eigenvalue weighted by molar-refractivity contribution is 0.212. The van der Waals surface area contributed by atoms with Crippen LogP contribution in [0.25, 0.3) is 0 Å². The number of thiol groups is 1. The lowest BCUT2D eigenvalue weighted by atomic mass is 9.95. The van der Waals surface area contributed by atoms with Gasteiger partial charge in [-0.25, -0.2) is 0 Å². The molecule has 0 spiro atoms. The zero-order chi connectivity index (χ0) is 8.91. The molecule has 0 heterocycles. The topological polar surface area (TPSA) is 3.24 Å². The van der Waals surface area contributed by atoms with Crippen molar-refractivity contribution in [2.75, 3.05) is 25.4 Å². The molecule has 0 aromatic rings. The van der Waals surface area contributed by atoms with Crippen molar-refractivity contribution in [3.05, 3.63) is 0 Å². The van der Waals surface area contributed by atoms with Crippen molar-refractivity contribution in [3.63, 3.8) is 0 Å². The van der Waals surface area contributed by atoms with Gasteiger partial charge < -0.3 is 4.90 Å². The average Bonchev–Trinajstić information content (AvgIpc) is 2.00. The maximum absolute atomic E-state index is 4.33. The van der Waals surface area contributed by atoms with E-state index in [0.29, 0.717) is 5.41 Å². The van der Waals surface area contributed by atoms with E-state index < -0.39 is 0 Å². The molecule has 0 amide bonds. The van der Waals surface area contributed by atoms with E-state index >= 15 is 0 Å². The first kappa shape index (κ1) is 11.3. The van der Waals surface area contributed by atoms with Gasteiger partial charge in [-0.3, -0.25) is 0 Å². The molecule has 11 heavy (non-hydrogen) atoms. The molecule has 0 aliphatic heterocycles. The van der Waals surface area contributed by atoms with Crippen LogP contribution in [0.1, 0.15) is 27.7 Å². The Balaban J connectivity index is 3.79. The standard InChI is InChI=1S/C9H21NS/c1-5-10(6-2)7-9(3,4)8-11/h11H,5-8H2,1-4H3. The Labute approximate surface area is 76.6 Å². The van der Waals surface area contributed by atoms with Gasteiger partial charge in [-0.05, 0) is 24.3 Å². The van der Waals surface area contributed by atoms with Gasteiger partial charge in [0.1, 0.15) is 0 Å². The van der Waals surface area contributed by atoms with E-state index in [0.717, 1.165) is 25.4 Å². The molecule has 0 rings (SSSR count). The van der Waals surface area contributed by atoms with Crippen LogP contribution in [0.4, 0.5) is 0 Å². The molecule has 0 atom stereocenters. The van der Waals surface area contributed by atoms with Crippen LogP contribution >= 0.6 is 12.6 Å². The summed E-state index contributed by atoms with van der Waals surface area (Å²) in [5.41, 5.74) is 0.356. The summed E-state index contributed by atoms with van der Waals surface area (Å²) in [5, 5.41) is 0. The number of hydrogen-bond acceptors (Lipinski definition) is 2. The van der Waals surface area contributed by atoms with Crippen LogP contribution < -0.4 is 0 Å². The highest BCUT2D eigenvalue weighted by molar-refractivity contribution is 7.80. The molecule has 0 aromatic carbocycles. The Kier molecular flexibility index (Phi) is 5.19. The molecule has 0 aliphatic carbocycles. The zero-order valence-electron chi connectivity index (χ0n) is 8.22. The van der Waals surface area contributed by atoms with Crippen molar-refractivity contribution >= 4 is 12.6 Å². The quantitative estimate of drug-likeness (QED) is 0.627. The second kappa shape index (κ2) is 5.04. The normalized spacial score (nSPS) is 12.5. The fourth-order valence-corrected chi connectivity index (χ4v) is 1.20. The van der Waals surface area contributed by atoms with E-state index in [1.807, 2.05) is 0 Å². The Morgan fingerprint density at radius 3 is 1.91 bits per heavy atom. The molecule has 0 saturated carbocycles. The van der Waals surface area contributed by atoms with Crippen LogP contribution in [0.5, 0.6) is 0 Å². The van der Waals surface area contributed by atoms with Gasteiger partial charge in [0, 0.05) is 6.54 Å². The third kappa shape index (κ3) is 4.70. The molecular weight excluding hydrogens is 154 g/mol. The molecular formula is C9H21NS. The first-order valence-electron chi connectivity index (χ1n) is 4.39. The maximum Gasteiger partial charge on any atom is 0.00403 e. The van der Waals surface area contributed by atoms with Crippen molar-refractivity contribution in [2.45, 2.75) is 27.7 Å². The highest BCUT2D eigenvalue weighted by Gasteiger charge is 2.17. The Hall–Kier alpha value is 0.310. The predicted octanol–water partition coefficient (Wildman–Crippen LogP) is 2.28. The van der Waals surface area contributed by atoms with E-state index in [-0.39, 0.29) is 0 Å². The molecule has 68 valence electrons. The monoisotopic (exact) mass is 175 g/mol. The van der Waals surface area contributed by atoms with Crippen molar-refractivity contribution in [2.24, 2.45) is 5.41 Å². The minimum atomic E-state index is 0.356. The van der Waals surface area contributed by atoms with Crippen LogP contribution in [0, 0.1) is 5.41 Å². The van der Waals surface area contributed by atoms with E-state index in [2.05, 4.69) is 45.2 Å². The van der Waals surface area contributed by atoms with Gasteiger partial charge in [-0.2, -0.15) is 12.6 Å². The Morgan fingerprint density at radius 2 is 1.64 bits per heavy atom. The van der Waals surface area contributed by atoms with Gasteiger partial charge in [-0.15, -0.1) is 0 Å². The van der Waals surface area contributed by atoms with Crippen molar-refractivity contribution in [1.82, 2.24) is 4.90 Å². The van der Waals surface area contributed by atoms with E-state index in [1.54, 1.807) is 0 Å². The Morgan fingerprint density at radius 1 is 1.18 bits per heavy atom. The molecule has 2 heteroatoms. The van der Waals surface area contributed by atoms with Crippen molar-refractivity contribution in [3.8, 4) is 0 Å². The molecule has 0 N–H and O–H groups in total. The first-order valence-corrected chi connectivity index (χ1v) is 5.02. The first-order chi connectivity index (χ1) is 5.05. The summed E-state index contributed by atoms with van der Waals surface area (Å²) in [6.45, 7) is 12.4. The van der Waals surface area contributed by atoms with Gasteiger partial charge in [0.05, 0.1) is 0 Å². The summed E-state index contributed by atoms with van der Waals surface area (Å²) in [4.78, 5) is 2.44. The molecule has 0 unspecified atom stereocenters. The molecule has 0 aliphatic rings. The van der Waals surface area contributed by atoms with E-state index in [4.69, 9.17) is 0 Å². The molecule has 1 nitrogen and oxygen atoms in total. The van der Waals surface area contributed by atoms with Crippen LogP contribution in [-0.4, -0.2) is 30.3 Å². The summed E-state index contributed by atoms with van der Waals surface area (Å²) in [6, 6.07) is 0. The van der Waals surface area contributed by atoms with Crippen LogP contribution in [0.2, 0.25) is 0 Å². The predicted molar refractivity (Wildman–Crippen MR) is 55.4 cm³/mol. The molecule has 0 saturated heterocycles. The van der Waals surface area contributed by atoms with Crippen molar-refractivity contribution < 1.29 is 0 Å². The lowest BCUT2D eigenvalue weighted by Gasteiger charge is -2.29. The fourth-order valence-electron chi connectivity index (χ4n) is 1.10. The van der Waals surface area contributed by atoms with Gasteiger partial charge in [0.2, 0.25) is 0 Å². The third-order valence-electron chi connectivity index (χ3n) is 1.97. The number of hydrogen-bond donors (Lipinski definition) is 1. The van der Waals surface area contributed by atoms with Gasteiger partial charge in [0.25, 0.3) is 0 Å². The summed E-state index contributed by atoms with van der Waals surface area (Å²) in [7, 11) is 0. The minimum absolute atomic E-state index is 0.356. The Bertz CT molecular complexity index is 97.7.